The van der Waals surface area contributed by atoms with E-state index in [1.165, 1.54) is 6.07 Å². The van der Waals surface area contributed by atoms with Crippen molar-refractivity contribution in [1.82, 2.24) is 0 Å². The first-order valence-corrected chi connectivity index (χ1v) is 9.88. The Balaban J connectivity index is 2.37. The largest absolute Gasteiger partial charge is 0.494 e. The molecular weight excluding hydrogens is 366 g/mol. The molecule has 0 bridgehead atoms. The molecule has 6 nitrogen and oxygen atoms in total. The number of rotatable bonds is 7. The van der Waals surface area contributed by atoms with E-state index in [0.29, 0.717) is 18.0 Å². The van der Waals surface area contributed by atoms with Crippen LogP contribution in [0.3, 0.4) is 0 Å². The summed E-state index contributed by atoms with van der Waals surface area (Å²) in [6.45, 7) is 6.13. The average Bonchev–Trinajstić information content (AvgIpc) is 2.65. The third-order valence-corrected chi connectivity index (χ3v) is 5.74. The number of methoxy groups -OCH3 is 1. The minimum Gasteiger partial charge on any atom is -0.494 e. The molecule has 144 valence electrons. The van der Waals surface area contributed by atoms with E-state index in [0.717, 1.165) is 24.4 Å². The van der Waals surface area contributed by atoms with Crippen LogP contribution in [0.4, 0.5) is 5.69 Å². The summed E-state index contributed by atoms with van der Waals surface area (Å²) in [4.78, 5) is 11.7. The van der Waals surface area contributed by atoms with Crippen LogP contribution >= 0.6 is 0 Å². The minimum atomic E-state index is -4.04. The Bertz CT molecular complexity index is 947. The maximum Gasteiger partial charge on any atom is 0.351 e. The average molecular weight is 389 g/mol. The van der Waals surface area contributed by atoms with Crippen molar-refractivity contribution in [1.29, 1.82) is 0 Å². The molecule has 0 saturated heterocycles. The lowest BCUT2D eigenvalue weighted by molar-refractivity contribution is -0.135. The summed E-state index contributed by atoms with van der Waals surface area (Å²) >= 11 is 0. The highest BCUT2D eigenvalue weighted by Crippen LogP contribution is 2.23. The van der Waals surface area contributed by atoms with Gasteiger partial charge in [0.05, 0.1) is 18.6 Å². The van der Waals surface area contributed by atoms with E-state index in [1.54, 1.807) is 36.4 Å². The van der Waals surface area contributed by atoms with Crippen molar-refractivity contribution >= 4 is 21.5 Å². The fourth-order valence-electron chi connectivity index (χ4n) is 2.32. The van der Waals surface area contributed by atoms with E-state index < -0.39 is 20.7 Å². The van der Waals surface area contributed by atoms with Crippen molar-refractivity contribution in [3.8, 4) is 5.75 Å². The zero-order valence-electron chi connectivity index (χ0n) is 15.8. The Labute approximate surface area is 159 Å². The Hall–Kier alpha value is -2.80. The van der Waals surface area contributed by atoms with Crippen LogP contribution < -0.4 is 10.1 Å². The van der Waals surface area contributed by atoms with Gasteiger partial charge < -0.3 is 14.8 Å². The summed E-state index contributed by atoms with van der Waals surface area (Å²) in [6, 6.07) is 11.7. The smallest absolute Gasteiger partial charge is 0.351 e. The van der Waals surface area contributed by atoms with Crippen molar-refractivity contribution in [3.05, 3.63) is 64.7 Å². The number of carbonyl (C=O) groups is 1. The maximum atomic E-state index is 12.9. The number of hydrogen-bond donors (Lipinski definition) is 1. The molecule has 0 saturated carbocycles. The van der Waals surface area contributed by atoms with E-state index in [1.807, 2.05) is 20.8 Å². The first-order chi connectivity index (χ1) is 12.8. The van der Waals surface area contributed by atoms with Crippen molar-refractivity contribution in [2.45, 2.75) is 25.7 Å². The van der Waals surface area contributed by atoms with Crippen LogP contribution in [0.2, 0.25) is 0 Å². The molecule has 0 aliphatic carbocycles. The first-order valence-electron chi connectivity index (χ1n) is 8.39. The summed E-state index contributed by atoms with van der Waals surface area (Å²) in [7, 11) is -2.90. The van der Waals surface area contributed by atoms with Gasteiger partial charge in [-0.15, -0.1) is 0 Å². The molecule has 0 atom stereocenters. The minimum absolute atomic E-state index is 0.0377. The van der Waals surface area contributed by atoms with Gasteiger partial charge in [-0.25, -0.2) is 13.2 Å². The number of esters is 1. The highest BCUT2D eigenvalue weighted by molar-refractivity contribution is 7.96. The number of carbonyl (C=O) groups excluding carboxylic acids is 1. The van der Waals surface area contributed by atoms with Crippen LogP contribution in [0.1, 0.15) is 18.1 Å². The molecule has 2 rings (SSSR count). The molecule has 0 radical (unpaired) electrons. The fourth-order valence-corrected chi connectivity index (χ4v) is 3.67. The number of hydrogen-bond acceptors (Lipinski definition) is 6. The predicted octanol–water partition coefficient (Wildman–Crippen LogP) is 3.60. The van der Waals surface area contributed by atoms with Gasteiger partial charge in [0.1, 0.15) is 5.75 Å². The third kappa shape index (κ3) is 4.89. The molecule has 2 aromatic rings. The summed E-state index contributed by atoms with van der Waals surface area (Å²) in [5.74, 6) is -0.241. The van der Waals surface area contributed by atoms with E-state index in [4.69, 9.17) is 4.74 Å². The maximum absolute atomic E-state index is 12.9. The van der Waals surface area contributed by atoms with E-state index >= 15 is 0 Å². The van der Waals surface area contributed by atoms with Gasteiger partial charge in [-0.05, 0) is 68.3 Å². The Morgan fingerprint density at radius 1 is 1.07 bits per heavy atom. The van der Waals surface area contributed by atoms with Crippen molar-refractivity contribution < 1.29 is 22.7 Å². The topological polar surface area (TPSA) is 81.7 Å². The number of sulfone groups is 1. The van der Waals surface area contributed by atoms with Crippen LogP contribution in [0, 0.1) is 13.8 Å². The van der Waals surface area contributed by atoms with Gasteiger partial charge in [-0.1, -0.05) is 6.07 Å². The fraction of sp³-hybridized carbons (Fsp3) is 0.250. The molecule has 0 aliphatic heterocycles. The summed E-state index contributed by atoms with van der Waals surface area (Å²) in [5, 5.41) is 2.83. The zero-order valence-corrected chi connectivity index (χ0v) is 16.6. The standard InChI is InChI=1S/C20H23NO5S/c1-5-26-17-9-7-16(8-10-17)21-13-19(20(22)25-4)27(23,24)18-11-6-14(2)15(3)12-18/h6-13,21H,5H2,1-4H3/b19-13-. The van der Waals surface area contributed by atoms with Crippen LogP contribution in [0.15, 0.2) is 58.5 Å². The lowest BCUT2D eigenvalue weighted by Gasteiger charge is -2.10. The van der Waals surface area contributed by atoms with E-state index in [-0.39, 0.29) is 4.90 Å². The van der Waals surface area contributed by atoms with Gasteiger partial charge in [-0.2, -0.15) is 0 Å². The van der Waals surface area contributed by atoms with Crippen LogP contribution in [0.25, 0.3) is 0 Å². The van der Waals surface area contributed by atoms with Crippen molar-refractivity contribution in [2.24, 2.45) is 0 Å². The van der Waals surface area contributed by atoms with E-state index in [9.17, 15) is 13.2 Å². The lowest BCUT2D eigenvalue weighted by atomic mass is 10.1. The second kappa shape index (κ2) is 8.73. The van der Waals surface area contributed by atoms with Gasteiger partial charge in [-0.3, -0.25) is 0 Å². The zero-order chi connectivity index (χ0) is 20.0. The van der Waals surface area contributed by atoms with Crippen LogP contribution in [-0.2, 0) is 19.4 Å². The molecule has 1 N–H and O–H groups in total. The highest BCUT2D eigenvalue weighted by Gasteiger charge is 2.28. The molecule has 0 heterocycles. The quantitative estimate of drug-likeness (QED) is 0.576. The molecular formula is C20H23NO5S. The Morgan fingerprint density at radius 2 is 1.74 bits per heavy atom. The second-order valence-electron chi connectivity index (χ2n) is 5.85. The Morgan fingerprint density at radius 3 is 2.30 bits per heavy atom. The second-order valence-corrected chi connectivity index (χ2v) is 7.77. The monoisotopic (exact) mass is 389 g/mol. The van der Waals surface area contributed by atoms with Gasteiger partial charge in [0.2, 0.25) is 9.84 Å². The molecule has 27 heavy (non-hydrogen) atoms. The van der Waals surface area contributed by atoms with Crippen molar-refractivity contribution in [2.75, 3.05) is 19.0 Å². The first kappa shape index (κ1) is 20.5. The lowest BCUT2D eigenvalue weighted by Crippen LogP contribution is -2.17. The van der Waals surface area contributed by atoms with Gasteiger partial charge in [0, 0.05) is 11.9 Å². The van der Waals surface area contributed by atoms with Gasteiger partial charge in [0.25, 0.3) is 0 Å². The predicted molar refractivity (Wildman–Crippen MR) is 104 cm³/mol. The molecule has 0 aliphatic rings. The SMILES string of the molecule is CCOc1ccc(N/C=C(/C(=O)OC)S(=O)(=O)c2ccc(C)c(C)c2)cc1. The van der Waals surface area contributed by atoms with Gasteiger partial charge in [0.15, 0.2) is 4.91 Å². The molecule has 0 unspecified atom stereocenters. The van der Waals surface area contributed by atoms with Crippen LogP contribution in [0.5, 0.6) is 5.75 Å². The normalized spacial score (nSPS) is 11.8. The number of aryl methyl sites for hydroxylation is 2. The summed E-state index contributed by atoms with van der Waals surface area (Å²) < 4.78 is 35.9. The molecule has 2 aromatic carbocycles. The van der Waals surface area contributed by atoms with Gasteiger partial charge >= 0.3 is 5.97 Å². The summed E-state index contributed by atoms with van der Waals surface area (Å²) in [6.07, 6.45) is 1.14. The van der Waals surface area contributed by atoms with Crippen LogP contribution in [-0.4, -0.2) is 28.1 Å². The number of benzene rings is 2. The molecule has 0 spiro atoms. The van der Waals surface area contributed by atoms with Crippen molar-refractivity contribution in [3.63, 3.8) is 0 Å². The Kier molecular flexibility index (Phi) is 6.63. The molecule has 0 aromatic heterocycles. The number of nitrogens with one attached hydrogen (secondary N) is 1. The third-order valence-electron chi connectivity index (χ3n) is 4.00. The molecule has 0 amide bonds. The number of ether oxygens (including phenoxy) is 2. The highest BCUT2D eigenvalue weighted by atomic mass is 32.2. The number of anilines is 1. The van der Waals surface area contributed by atoms with E-state index in [2.05, 4.69) is 10.1 Å². The molecule has 0 fully saturated rings. The molecule has 7 heteroatoms. The summed E-state index contributed by atoms with van der Waals surface area (Å²) in [5.41, 5.74) is 2.39.